The monoisotopic (exact) mass is 281 g/mol. The number of nitrogens with one attached hydrogen (secondary N) is 2. The molecule has 0 aliphatic rings. The maximum absolute atomic E-state index is 13.6. The molecule has 0 saturated carbocycles. The quantitative estimate of drug-likeness (QED) is 0.725. The van der Waals surface area contributed by atoms with Crippen molar-refractivity contribution in [1.82, 2.24) is 10.6 Å². The average Bonchev–Trinajstić information content (AvgIpc) is 2.36. The van der Waals surface area contributed by atoms with Crippen molar-refractivity contribution in [2.75, 3.05) is 0 Å². The predicted octanol–water partition coefficient (Wildman–Crippen LogP) is 0.927. The maximum Gasteiger partial charge on any atom is 0.248 e. The van der Waals surface area contributed by atoms with Gasteiger partial charge in [0.05, 0.1) is 6.04 Å². The Morgan fingerprint density at radius 1 is 1.30 bits per heavy atom. The summed E-state index contributed by atoms with van der Waals surface area (Å²) in [7, 11) is 0. The Morgan fingerprint density at radius 2 is 1.95 bits per heavy atom. The van der Waals surface area contributed by atoms with Gasteiger partial charge in [-0.1, -0.05) is 0 Å². The molecule has 110 valence electrons. The lowest BCUT2D eigenvalue weighted by atomic mass is 10.1. The summed E-state index contributed by atoms with van der Waals surface area (Å²) in [6.07, 6.45) is 0. The van der Waals surface area contributed by atoms with Gasteiger partial charge in [0.2, 0.25) is 11.8 Å². The Hall–Kier alpha value is -1.95. The van der Waals surface area contributed by atoms with Gasteiger partial charge in [0.25, 0.3) is 0 Å². The minimum Gasteiger partial charge on any atom is -0.366 e. The van der Waals surface area contributed by atoms with Gasteiger partial charge in [0.15, 0.2) is 0 Å². The Balaban J connectivity index is 2.67. The van der Waals surface area contributed by atoms with Crippen molar-refractivity contribution in [2.45, 2.75) is 39.4 Å². The smallest absolute Gasteiger partial charge is 0.248 e. The van der Waals surface area contributed by atoms with Crippen LogP contribution in [0.1, 0.15) is 36.7 Å². The third-order valence-corrected chi connectivity index (χ3v) is 2.75. The summed E-state index contributed by atoms with van der Waals surface area (Å²) >= 11 is 0. The van der Waals surface area contributed by atoms with E-state index in [1.54, 1.807) is 6.92 Å². The van der Waals surface area contributed by atoms with Crippen molar-refractivity contribution in [3.63, 3.8) is 0 Å². The number of benzene rings is 1. The minimum atomic E-state index is -0.614. The molecule has 0 fully saturated rings. The molecule has 1 aromatic rings. The van der Waals surface area contributed by atoms with Gasteiger partial charge >= 0.3 is 0 Å². The van der Waals surface area contributed by atoms with Gasteiger partial charge in [-0.05, 0) is 39.0 Å². The molecule has 1 rings (SSSR count). The molecule has 20 heavy (non-hydrogen) atoms. The van der Waals surface area contributed by atoms with E-state index in [9.17, 15) is 14.0 Å². The van der Waals surface area contributed by atoms with Crippen LogP contribution in [0.4, 0.5) is 4.39 Å². The molecule has 6 heteroatoms. The summed E-state index contributed by atoms with van der Waals surface area (Å²) in [5, 5.41) is 5.66. The second-order valence-corrected chi connectivity index (χ2v) is 4.94. The molecule has 2 amide bonds. The number of nitrogens with two attached hydrogens (primary N) is 1. The van der Waals surface area contributed by atoms with Crippen LogP contribution >= 0.6 is 0 Å². The highest BCUT2D eigenvalue weighted by Gasteiger charge is 2.14. The number of hydrogen-bond acceptors (Lipinski definition) is 3. The predicted molar refractivity (Wildman–Crippen MR) is 74.5 cm³/mol. The molecule has 5 nitrogen and oxygen atoms in total. The lowest BCUT2D eigenvalue weighted by Gasteiger charge is -2.16. The number of primary amides is 1. The number of hydrogen-bond donors (Lipinski definition) is 3. The van der Waals surface area contributed by atoms with Crippen molar-refractivity contribution in [1.29, 1.82) is 0 Å². The first-order chi connectivity index (χ1) is 9.31. The fraction of sp³-hybridized carbons (Fsp3) is 0.429. The van der Waals surface area contributed by atoms with Crippen molar-refractivity contribution in [3.8, 4) is 0 Å². The average molecular weight is 281 g/mol. The molecule has 0 saturated heterocycles. The zero-order chi connectivity index (χ0) is 15.3. The molecular formula is C14H20FN3O2. The topological polar surface area (TPSA) is 84.2 Å². The van der Waals surface area contributed by atoms with Gasteiger partial charge in [-0.2, -0.15) is 0 Å². The zero-order valence-electron chi connectivity index (χ0n) is 11.9. The molecule has 0 heterocycles. The Morgan fingerprint density at radius 3 is 2.50 bits per heavy atom. The van der Waals surface area contributed by atoms with E-state index in [2.05, 4.69) is 10.6 Å². The summed E-state index contributed by atoms with van der Waals surface area (Å²) < 4.78 is 13.6. The molecule has 0 bridgehead atoms. The summed E-state index contributed by atoms with van der Waals surface area (Å²) in [5.74, 6) is -1.22. The third-order valence-electron chi connectivity index (χ3n) is 2.75. The summed E-state index contributed by atoms with van der Waals surface area (Å²) in [5.41, 5.74) is 5.68. The van der Waals surface area contributed by atoms with E-state index < -0.39 is 17.8 Å². The second-order valence-electron chi connectivity index (χ2n) is 4.94. The van der Waals surface area contributed by atoms with E-state index in [4.69, 9.17) is 5.73 Å². The number of carbonyl (C=O) groups excluding carboxylic acids is 2. The van der Waals surface area contributed by atoms with Gasteiger partial charge in [-0.3, -0.25) is 9.59 Å². The molecule has 1 unspecified atom stereocenters. The molecular weight excluding hydrogens is 261 g/mol. The molecule has 4 N–H and O–H groups in total. The van der Waals surface area contributed by atoms with Crippen molar-refractivity contribution < 1.29 is 14.0 Å². The molecule has 0 aliphatic carbocycles. The molecule has 1 atom stereocenters. The fourth-order valence-corrected chi connectivity index (χ4v) is 1.63. The van der Waals surface area contributed by atoms with Crippen molar-refractivity contribution in [3.05, 3.63) is 35.1 Å². The lowest BCUT2D eigenvalue weighted by Crippen LogP contribution is -2.44. The first-order valence-corrected chi connectivity index (χ1v) is 6.43. The summed E-state index contributed by atoms with van der Waals surface area (Å²) in [6.45, 7) is 5.55. The highest BCUT2D eigenvalue weighted by atomic mass is 19.1. The van der Waals surface area contributed by atoms with Crippen molar-refractivity contribution in [2.24, 2.45) is 5.73 Å². The van der Waals surface area contributed by atoms with Crippen LogP contribution < -0.4 is 16.4 Å². The minimum absolute atomic E-state index is 0.0432. The Labute approximate surface area is 117 Å². The maximum atomic E-state index is 13.6. The van der Waals surface area contributed by atoms with Gasteiger partial charge in [-0.15, -0.1) is 0 Å². The van der Waals surface area contributed by atoms with E-state index in [0.29, 0.717) is 5.56 Å². The molecule has 1 aromatic carbocycles. The lowest BCUT2D eigenvalue weighted by molar-refractivity contribution is -0.123. The summed E-state index contributed by atoms with van der Waals surface area (Å²) in [4.78, 5) is 22.7. The van der Waals surface area contributed by atoms with E-state index in [-0.39, 0.29) is 24.1 Å². The number of carbonyl (C=O) groups is 2. The molecule has 0 spiro atoms. The second kappa shape index (κ2) is 7.00. The highest BCUT2D eigenvalue weighted by molar-refractivity contribution is 5.92. The van der Waals surface area contributed by atoms with Crippen LogP contribution in [0.25, 0.3) is 0 Å². The van der Waals surface area contributed by atoms with Gasteiger partial charge in [0, 0.05) is 23.7 Å². The van der Waals surface area contributed by atoms with Crippen LogP contribution in [0.3, 0.4) is 0 Å². The number of rotatable bonds is 6. The number of halogens is 1. The number of amides is 2. The van der Waals surface area contributed by atoms with E-state index in [1.807, 2.05) is 13.8 Å². The zero-order valence-corrected chi connectivity index (χ0v) is 11.9. The van der Waals surface area contributed by atoms with Crippen LogP contribution in [0.5, 0.6) is 0 Å². The largest absolute Gasteiger partial charge is 0.366 e. The van der Waals surface area contributed by atoms with E-state index in [1.165, 1.54) is 18.2 Å². The van der Waals surface area contributed by atoms with Gasteiger partial charge in [0.1, 0.15) is 5.82 Å². The first kappa shape index (κ1) is 16.1. The fourth-order valence-electron chi connectivity index (χ4n) is 1.63. The van der Waals surface area contributed by atoms with Crippen LogP contribution in [0.15, 0.2) is 18.2 Å². The van der Waals surface area contributed by atoms with Crippen LogP contribution in [-0.2, 0) is 11.3 Å². The Bertz CT molecular complexity index is 503. The first-order valence-electron chi connectivity index (χ1n) is 6.43. The van der Waals surface area contributed by atoms with Gasteiger partial charge in [-0.25, -0.2) is 4.39 Å². The Kier molecular flexibility index (Phi) is 5.64. The van der Waals surface area contributed by atoms with Crippen LogP contribution in [0, 0.1) is 5.82 Å². The van der Waals surface area contributed by atoms with Crippen LogP contribution in [0.2, 0.25) is 0 Å². The van der Waals surface area contributed by atoms with Crippen LogP contribution in [-0.4, -0.2) is 23.9 Å². The van der Waals surface area contributed by atoms with E-state index in [0.717, 1.165) is 0 Å². The van der Waals surface area contributed by atoms with Gasteiger partial charge < -0.3 is 16.4 Å². The molecule has 0 radical (unpaired) electrons. The molecule has 0 aliphatic heterocycles. The van der Waals surface area contributed by atoms with E-state index >= 15 is 0 Å². The summed E-state index contributed by atoms with van der Waals surface area (Å²) in [6, 6.07) is 3.49. The van der Waals surface area contributed by atoms with Crippen molar-refractivity contribution >= 4 is 11.8 Å². The molecule has 0 aromatic heterocycles. The standard InChI is InChI=1S/C14H20FN3O2/c1-8(2)18-14(20)9(3)17-7-11-6-10(13(16)19)4-5-12(11)15/h4-6,8-9,17H,7H2,1-3H3,(H2,16,19)(H,18,20). The third kappa shape index (κ3) is 4.62. The normalized spacial score (nSPS) is 12.2. The SMILES string of the molecule is CC(C)NC(=O)C(C)NCc1cc(C(N)=O)ccc1F. The highest BCUT2D eigenvalue weighted by Crippen LogP contribution is 2.10.